The van der Waals surface area contributed by atoms with Crippen LogP contribution in [0.3, 0.4) is 0 Å². The van der Waals surface area contributed by atoms with Gasteiger partial charge in [0.25, 0.3) is 17.7 Å². The van der Waals surface area contributed by atoms with E-state index in [9.17, 15) is 24.0 Å². The topological polar surface area (TPSA) is 188 Å². The molecule has 1 aliphatic carbocycles. The summed E-state index contributed by atoms with van der Waals surface area (Å²) in [7, 11) is 1.95. The van der Waals surface area contributed by atoms with Crippen molar-refractivity contribution in [3.8, 4) is 0 Å². The van der Waals surface area contributed by atoms with Crippen LogP contribution in [-0.4, -0.2) is 129 Å². The third kappa shape index (κ3) is 7.51. The van der Waals surface area contributed by atoms with Crippen molar-refractivity contribution in [3.63, 3.8) is 0 Å². The zero-order valence-corrected chi connectivity index (χ0v) is 36.1. The first-order valence-corrected chi connectivity index (χ1v) is 22.8. The van der Waals surface area contributed by atoms with Crippen molar-refractivity contribution >= 4 is 46.7 Å². The average Bonchev–Trinajstić information content (AvgIpc) is 4.01. The van der Waals surface area contributed by atoms with Gasteiger partial charge in [0.1, 0.15) is 35.5 Å². The van der Waals surface area contributed by atoms with E-state index in [1.165, 1.54) is 0 Å². The number of imide groups is 2. The molecule has 1 saturated carbocycles. The second-order valence-corrected chi connectivity index (χ2v) is 19.4. The highest BCUT2D eigenvalue weighted by Crippen LogP contribution is 2.45. The van der Waals surface area contributed by atoms with Crippen LogP contribution < -0.4 is 20.4 Å². The predicted molar refractivity (Wildman–Crippen MR) is 234 cm³/mol. The minimum absolute atomic E-state index is 0.0962. The first kappa shape index (κ1) is 40.7. The van der Waals surface area contributed by atoms with Gasteiger partial charge in [0.05, 0.1) is 24.3 Å². The number of hydrogen-bond acceptors (Lipinski definition) is 13. The molecule has 5 saturated heterocycles. The molecule has 0 radical (unpaired) electrons. The summed E-state index contributed by atoms with van der Waals surface area (Å²) in [5.41, 5.74) is 3.78. The number of aromatic nitrogens is 5. The monoisotopic (exact) mass is 867 g/mol. The number of aryl methyl sites for hydroxylation is 1. The van der Waals surface area contributed by atoms with Crippen LogP contribution in [0.25, 0.3) is 0 Å². The molecule has 1 spiro atoms. The summed E-state index contributed by atoms with van der Waals surface area (Å²) < 4.78 is 7.63. The number of ether oxygens (including phenoxy) is 1. The summed E-state index contributed by atoms with van der Waals surface area (Å²) in [5, 5.41) is 13.8. The standard InChI is InChI=1S/C47H53N11O6/c1-54-28-48-53-39(54)22-47(26-64-27-47)31-3-2-4-32(19-31)49-42(60)36-21-38(51-41(50-36)30-5-6-30)57-24-46(25-57)13-17-55(18-14-46)23-29-11-15-56(16-12-29)33-7-8-34-35(20-33)45(63)58(44(34)62)37-9-10-40(59)52-43(37)61/h2-4,7-8,19-21,28-30,37H,5-6,9-18,22-27H2,1H3,(H,49,60)(H,52,59,61). The van der Waals surface area contributed by atoms with Crippen molar-refractivity contribution in [2.24, 2.45) is 18.4 Å². The van der Waals surface area contributed by atoms with Gasteiger partial charge in [-0.3, -0.25) is 34.2 Å². The lowest BCUT2D eigenvalue weighted by molar-refractivity contribution is -0.136. The number of likely N-dealkylation sites (tertiary alicyclic amines) is 1. The molecule has 17 nitrogen and oxygen atoms in total. The number of nitrogens with zero attached hydrogens (tertiary/aromatic N) is 9. The normalized spacial score (nSPS) is 23.2. The molecule has 7 aliphatic rings. The molecule has 2 N–H and O–H groups in total. The third-order valence-electron chi connectivity index (χ3n) is 14.9. The van der Waals surface area contributed by atoms with E-state index in [0.717, 1.165) is 124 Å². The Balaban J connectivity index is 0.672. The van der Waals surface area contributed by atoms with Crippen molar-refractivity contribution < 1.29 is 28.7 Å². The molecule has 6 fully saturated rings. The first-order chi connectivity index (χ1) is 31.0. The highest BCUT2D eigenvalue weighted by atomic mass is 16.5. The molecule has 6 aliphatic heterocycles. The Labute approximate surface area is 370 Å². The number of hydrogen-bond donors (Lipinski definition) is 2. The van der Waals surface area contributed by atoms with E-state index in [-0.39, 0.29) is 35.5 Å². The fourth-order valence-electron chi connectivity index (χ4n) is 10.7. The molecule has 11 rings (SSSR count). The Kier molecular flexibility index (Phi) is 10.1. The van der Waals surface area contributed by atoms with Gasteiger partial charge in [0, 0.05) is 86.8 Å². The number of fused-ring (bicyclic) bond motifs is 1. The van der Waals surface area contributed by atoms with Gasteiger partial charge in [0.15, 0.2) is 0 Å². The Bertz CT molecular complexity index is 2540. The van der Waals surface area contributed by atoms with Gasteiger partial charge in [-0.15, -0.1) is 10.2 Å². The maximum Gasteiger partial charge on any atom is 0.274 e. The largest absolute Gasteiger partial charge is 0.379 e. The van der Waals surface area contributed by atoms with Crippen LogP contribution >= 0.6 is 0 Å². The lowest BCUT2D eigenvalue weighted by atomic mass is 9.72. The minimum Gasteiger partial charge on any atom is -0.379 e. The van der Waals surface area contributed by atoms with Crippen LogP contribution in [-0.2, 0) is 33.2 Å². The van der Waals surface area contributed by atoms with Crippen molar-refractivity contribution in [1.29, 1.82) is 0 Å². The van der Waals surface area contributed by atoms with Gasteiger partial charge in [-0.2, -0.15) is 0 Å². The molecule has 64 heavy (non-hydrogen) atoms. The lowest BCUT2D eigenvalue weighted by Gasteiger charge is -2.55. The minimum atomic E-state index is -0.969. The molecular formula is C47H53N11O6. The van der Waals surface area contributed by atoms with E-state index >= 15 is 0 Å². The van der Waals surface area contributed by atoms with E-state index < -0.39 is 23.8 Å². The van der Waals surface area contributed by atoms with E-state index in [0.29, 0.717) is 48.3 Å². The maximum atomic E-state index is 13.8. The van der Waals surface area contributed by atoms with Gasteiger partial charge < -0.3 is 29.3 Å². The number of carbonyl (C=O) groups excluding carboxylic acids is 5. The fourth-order valence-corrected chi connectivity index (χ4v) is 10.7. The second-order valence-electron chi connectivity index (χ2n) is 19.4. The molecular weight excluding hydrogens is 815 g/mol. The van der Waals surface area contributed by atoms with E-state index in [1.807, 2.05) is 41.9 Å². The van der Waals surface area contributed by atoms with Crippen molar-refractivity contribution in [2.75, 3.05) is 74.1 Å². The smallest absolute Gasteiger partial charge is 0.274 e. The average molecular weight is 868 g/mol. The highest BCUT2D eigenvalue weighted by molar-refractivity contribution is 6.23. The summed E-state index contributed by atoms with van der Waals surface area (Å²) in [6.07, 6.45) is 9.09. The summed E-state index contributed by atoms with van der Waals surface area (Å²) in [6.45, 7) is 7.95. The Morgan fingerprint density at radius 1 is 0.875 bits per heavy atom. The van der Waals surface area contributed by atoms with Gasteiger partial charge in [0.2, 0.25) is 11.8 Å². The summed E-state index contributed by atoms with van der Waals surface area (Å²) in [6, 6.07) is 14.3. The quantitative estimate of drug-likeness (QED) is 0.209. The first-order valence-electron chi connectivity index (χ1n) is 22.8. The number of benzene rings is 2. The Morgan fingerprint density at radius 2 is 1.66 bits per heavy atom. The van der Waals surface area contributed by atoms with E-state index in [2.05, 4.69) is 41.6 Å². The predicted octanol–water partition coefficient (Wildman–Crippen LogP) is 3.47. The fraction of sp³-hybridized carbons (Fsp3) is 0.511. The second kappa shape index (κ2) is 15.9. The third-order valence-corrected chi connectivity index (χ3v) is 14.9. The number of nitrogens with one attached hydrogen (secondary N) is 2. The van der Waals surface area contributed by atoms with Gasteiger partial charge in [-0.05, 0) is 99.8 Å². The molecule has 1 atom stereocenters. The number of amides is 5. The molecule has 2 aromatic carbocycles. The van der Waals surface area contributed by atoms with Gasteiger partial charge in [-0.1, -0.05) is 12.1 Å². The van der Waals surface area contributed by atoms with Crippen molar-refractivity contribution in [2.45, 2.75) is 75.2 Å². The van der Waals surface area contributed by atoms with Crippen LogP contribution in [0.5, 0.6) is 0 Å². The number of rotatable bonds is 11. The van der Waals surface area contributed by atoms with Crippen LogP contribution in [0.15, 0.2) is 54.9 Å². The van der Waals surface area contributed by atoms with Crippen LogP contribution in [0.2, 0.25) is 0 Å². The molecule has 2 aromatic heterocycles. The number of anilines is 3. The van der Waals surface area contributed by atoms with Crippen LogP contribution in [0.4, 0.5) is 17.2 Å². The zero-order chi connectivity index (χ0) is 43.7. The SMILES string of the molecule is Cn1cnnc1CC1(c2cccc(NC(=O)c3cc(N4CC5(CCN(CC6CCN(c7ccc8c(c7)C(=O)N(C7CCC(=O)NC7=O)C8=O)CC6)CC5)C4)nc(C4CC4)n3)c2)COC1. The number of piperidine rings is 3. The number of carbonyl (C=O) groups is 5. The van der Waals surface area contributed by atoms with E-state index in [1.54, 1.807) is 18.5 Å². The molecule has 8 heterocycles. The molecule has 0 bridgehead atoms. The van der Waals surface area contributed by atoms with Crippen molar-refractivity contribution in [3.05, 3.63) is 88.9 Å². The van der Waals surface area contributed by atoms with Gasteiger partial charge in [-0.25, -0.2) is 9.97 Å². The molecule has 5 amide bonds. The summed E-state index contributed by atoms with van der Waals surface area (Å²) in [5.74, 6) is 1.22. The summed E-state index contributed by atoms with van der Waals surface area (Å²) in [4.78, 5) is 82.6. The van der Waals surface area contributed by atoms with Crippen molar-refractivity contribution in [1.82, 2.24) is 39.8 Å². The van der Waals surface area contributed by atoms with Crippen LogP contribution in [0.1, 0.15) is 106 Å². The highest BCUT2D eigenvalue weighted by Gasteiger charge is 2.47. The Morgan fingerprint density at radius 3 is 2.36 bits per heavy atom. The maximum absolute atomic E-state index is 13.8. The molecule has 332 valence electrons. The lowest BCUT2D eigenvalue weighted by Crippen LogP contribution is -2.61. The van der Waals surface area contributed by atoms with Gasteiger partial charge >= 0.3 is 0 Å². The zero-order valence-electron chi connectivity index (χ0n) is 36.1. The molecule has 1 unspecified atom stereocenters. The van der Waals surface area contributed by atoms with E-state index in [4.69, 9.17) is 14.7 Å². The Hall–Kier alpha value is -6.07. The summed E-state index contributed by atoms with van der Waals surface area (Å²) >= 11 is 0. The molecule has 17 heteroatoms. The molecule has 4 aromatic rings. The van der Waals surface area contributed by atoms with Crippen LogP contribution in [0, 0.1) is 11.3 Å².